The molecule has 0 bridgehead atoms. The van der Waals surface area contributed by atoms with Crippen LogP contribution in [0.3, 0.4) is 0 Å². The van der Waals surface area contributed by atoms with Crippen LogP contribution in [0.5, 0.6) is 0 Å². The molecule has 3 saturated carbocycles. The van der Waals surface area contributed by atoms with Gasteiger partial charge in [-0.2, -0.15) is 0 Å². The van der Waals surface area contributed by atoms with E-state index in [1.54, 1.807) is 7.11 Å². The third-order valence-electron chi connectivity index (χ3n) is 8.85. The summed E-state index contributed by atoms with van der Waals surface area (Å²) in [5.41, 5.74) is 0.395. The van der Waals surface area contributed by atoms with Crippen molar-refractivity contribution >= 4 is 5.97 Å². The Morgan fingerprint density at radius 1 is 1.04 bits per heavy atom. The SMILES string of the molecule is COC(=O)[C@]1(C)CCC[C@@]2(C)C1CC[C@@H]1[C@H]3OCC[C@@]3(C)CC[C@@H]12. The first-order chi connectivity index (χ1) is 11.3. The van der Waals surface area contributed by atoms with E-state index in [-0.39, 0.29) is 16.8 Å². The van der Waals surface area contributed by atoms with Crippen molar-refractivity contribution in [2.24, 2.45) is 34.0 Å². The fraction of sp³-hybridized carbons (Fsp3) is 0.952. The first-order valence-electron chi connectivity index (χ1n) is 10.1. The number of fused-ring (bicyclic) bond motifs is 5. The van der Waals surface area contributed by atoms with E-state index in [2.05, 4.69) is 20.8 Å². The van der Waals surface area contributed by atoms with E-state index in [1.807, 2.05) is 0 Å². The molecular weight excluding hydrogens is 300 g/mol. The van der Waals surface area contributed by atoms with Crippen LogP contribution in [0, 0.1) is 34.0 Å². The molecule has 0 aromatic heterocycles. The largest absolute Gasteiger partial charge is 0.469 e. The lowest BCUT2D eigenvalue weighted by atomic mass is 9.42. The Morgan fingerprint density at radius 2 is 1.83 bits per heavy atom. The standard InChI is InChI=1S/C21H34O3/c1-19-11-8-15-14(17(19)24-13-12-19)6-7-16-20(15,2)9-5-10-21(16,3)18(22)23-4/h14-17H,5-13H2,1-4H3/t14-,15-,16?,17+,19+,20+,21+/m0/s1. The summed E-state index contributed by atoms with van der Waals surface area (Å²) in [6, 6.07) is 0. The first-order valence-corrected chi connectivity index (χ1v) is 10.1. The molecule has 136 valence electrons. The van der Waals surface area contributed by atoms with E-state index < -0.39 is 0 Å². The smallest absolute Gasteiger partial charge is 0.311 e. The molecule has 3 aliphatic carbocycles. The van der Waals surface area contributed by atoms with Crippen LogP contribution >= 0.6 is 0 Å². The number of carbonyl (C=O) groups is 1. The maximum absolute atomic E-state index is 12.6. The second-order valence-corrected chi connectivity index (χ2v) is 9.90. The highest BCUT2D eigenvalue weighted by atomic mass is 16.5. The molecule has 3 heteroatoms. The summed E-state index contributed by atoms with van der Waals surface area (Å²) in [5, 5.41) is 0. The lowest BCUT2D eigenvalue weighted by molar-refractivity contribution is -0.187. The summed E-state index contributed by atoms with van der Waals surface area (Å²) < 4.78 is 11.5. The number of ether oxygens (including phenoxy) is 2. The molecule has 0 amide bonds. The topological polar surface area (TPSA) is 35.5 Å². The van der Waals surface area contributed by atoms with Gasteiger partial charge in [0.1, 0.15) is 0 Å². The summed E-state index contributed by atoms with van der Waals surface area (Å²) in [7, 11) is 1.56. The van der Waals surface area contributed by atoms with Crippen molar-refractivity contribution in [2.75, 3.05) is 13.7 Å². The zero-order valence-electron chi connectivity index (χ0n) is 15.9. The lowest BCUT2D eigenvalue weighted by Gasteiger charge is -2.62. The van der Waals surface area contributed by atoms with Crippen molar-refractivity contribution in [3.8, 4) is 0 Å². The molecule has 1 heterocycles. The Kier molecular flexibility index (Phi) is 3.84. The Balaban J connectivity index is 1.67. The number of carbonyl (C=O) groups excluding carboxylic acids is 1. The number of hydrogen-bond acceptors (Lipinski definition) is 3. The van der Waals surface area contributed by atoms with Crippen molar-refractivity contribution in [1.82, 2.24) is 0 Å². The van der Waals surface area contributed by atoms with Crippen LogP contribution in [0.1, 0.15) is 72.1 Å². The highest BCUT2D eigenvalue weighted by molar-refractivity contribution is 5.77. The molecule has 4 aliphatic rings. The first kappa shape index (κ1) is 16.9. The van der Waals surface area contributed by atoms with Gasteiger partial charge in [0.15, 0.2) is 0 Å². The third kappa shape index (κ3) is 2.09. The Bertz CT molecular complexity index is 531. The van der Waals surface area contributed by atoms with Gasteiger partial charge in [-0.1, -0.05) is 20.3 Å². The van der Waals surface area contributed by atoms with E-state index in [1.165, 1.54) is 38.5 Å². The van der Waals surface area contributed by atoms with Gasteiger partial charge < -0.3 is 9.47 Å². The second kappa shape index (κ2) is 5.46. The summed E-state index contributed by atoms with van der Waals surface area (Å²) in [6.07, 6.45) is 10.1. The molecule has 24 heavy (non-hydrogen) atoms. The van der Waals surface area contributed by atoms with E-state index in [0.717, 1.165) is 25.4 Å². The molecular formula is C21H34O3. The zero-order valence-corrected chi connectivity index (χ0v) is 15.9. The molecule has 4 fully saturated rings. The fourth-order valence-electron chi connectivity index (χ4n) is 7.59. The monoisotopic (exact) mass is 334 g/mol. The third-order valence-corrected chi connectivity index (χ3v) is 8.85. The Morgan fingerprint density at radius 3 is 2.58 bits per heavy atom. The normalized spacial score (nSPS) is 53.7. The Labute approximate surface area is 146 Å². The predicted molar refractivity (Wildman–Crippen MR) is 93.5 cm³/mol. The van der Waals surface area contributed by atoms with Gasteiger partial charge in [0.2, 0.25) is 0 Å². The average molecular weight is 335 g/mol. The molecule has 0 aromatic carbocycles. The van der Waals surface area contributed by atoms with Crippen LogP contribution in [0.15, 0.2) is 0 Å². The van der Waals surface area contributed by atoms with Crippen molar-refractivity contribution in [3.05, 3.63) is 0 Å². The van der Waals surface area contributed by atoms with Crippen LogP contribution in [0.4, 0.5) is 0 Å². The van der Waals surface area contributed by atoms with E-state index >= 15 is 0 Å². The van der Waals surface area contributed by atoms with Crippen LogP contribution < -0.4 is 0 Å². The van der Waals surface area contributed by atoms with Gasteiger partial charge in [0, 0.05) is 6.61 Å². The van der Waals surface area contributed by atoms with Gasteiger partial charge in [0.25, 0.3) is 0 Å². The second-order valence-electron chi connectivity index (χ2n) is 9.90. The molecule has 0 N–H and O–H groups in total. The van der Waals surface area contributed by atoms with Crippen molar-refractivity contribution < 1.29 is 14.3 Å². The van der Waals surface area contributed by atoms with Crippen molar-refractivity contribution in [1.29, 1.82) is 0 Å². The quantitative estimate of drug-likeness (QED) is 0.658. The highest BCUT2D eigenvalue weighted by Gasteiger charge is 2.63. The number of methoxy groups -OCH3 is 1. The minimum atomic E-state index is -0.288. The Hall–Kier alpha value is -0.570. The molecule has 3 nitrogen and oxygen atoms in total. The van der Waals surface area contributed by atoms with Crippen LogP contribution in [0.25, 0.3) is 0 Å². The van der Waals surface area contributed by atoms with E-state index in [4.69, 9.17) is 9.47 Å². The van der Waals surface area contributed by atoms with Gasteiger partial charge in [-0.15, -0.1) is 0 Å². The molecule has 7 atom stereocenters. The van der Waals surface area contributed by atoms with Gasteiger partial charge in [-0.3, -0.25) is 4.79 Å². The van der Waals surface area contributed by atoms with Gasteiger partial charge in [-0.25, -0.2) is 0 Å². The molecule has 4 rings (SSSR count). The highest BCUT2D eigenvalue weighted by Crippen LogP contribution is 2.66. The molecule has 1 unspecified atom stereocenters. The maximum Gasteiger partial charge on any atom is 0.311 e. The molecule has 1 aliphatic heterocycles. The number of esters is 1. The molecule has 0 radical (unpaired) electrons. The number of rotatable bonds is 1. The van der Waals surface area contributed by atoms with Gasteiger partial charge in [-0.05, 0) is 80.5 Å². The van der Waals surface area contributed by atoms with Gasteiger partial charge >= 0.3 is 5.97 Å². The molecule has 0 aromatic rings. The number of hydrogen-bond donors (Lipinski definition) is 0. The summed E-state index contributed by atoms with van der Waals surface area (Å²) in [4.78, 5) is 12.6. The lowest BCUT2D eigenvalue weighted by Crippen LogP contribution is -2.59. The predicted octanol–water partition coefficient (Wildman–Crippen LogP) is 4.59. The summed E-state index contributed by atoms with van der Waals surface area (Å²) in [5.74, 6) is 1.91. The minimum absolute atomic E-state index is 0.0228. The van der Waals surface area contributed by atoms with Crippen molar-refractivity contribution in [3.63, 3.8) is 0 Å². The van der Waals surface area contributed by atoms with Crippen LogP contribution in [-0.2, 0) is 14.3 Å². The molecule has 0 spiro atoms. The minimum Gasteiger partial charge on any atom is -0.469 e. The van der Waals surface area contributed by atoms with Crippen molar-refractivity contribution in [2.45, 2.75) is 78.2 Å². The zero-order chi connectivity index (χ0) is 17.2. The fourth-order valence-corrected chi connectivity index (χ4v) is 7.59. The maximum atomic E-state index is 12.6. The summed E-state index contributed by atoms with van der Waals surface area (Å²) >= 11 is 0. The summed E-state index contributed by atoms with van der Waals surface area (Å²) in [6.45, 7) is 8.08. The van der Waals surface area contributed by atoms with Crippen LogP contribution in [0.2, 0.25) is 0 Å². The van der Waals surface area contributed by atoms with Gasteiger partial charge in [0.05, 0.1) is 18.6 Å². The van der Waals surface area contributed by atoms with E-state index in [0.29, 0.717) is 23.4 Å². The molecule has 1 saturated heterocycles. The van der Waals surface area contributed by atoms with E-state index in [9.17, 15) is 4.79 Å². The average Bonchev–Trinajstić information content (AvgIpc) is 2.95. The van der Waals surface area contributed by atoms with Crippen LogP contribution in [-0.4, -0.2) is 25.8 Å².